The van der Waals surface area contributed by atoms with Crippen LogP contribution in [0.2, 0.25) is 0 Å². The van der Waals surface area contributed by atoms with Crippen LogP contribution in [0.4, 0.5) is 0 Å². The Kier molecular flexibility index (Phi) is 7.13. The van der Waals surface area contributed by atoms with Crippen molar-refractivity contribution in [2.45, 2.75) is 19.9 Å². The Labute approximate surface area is 148 Å². The molecule has 5 nitrogen and oxygen atoms in total. The number of nitrogens with zero attached hydrogens (tertiary/aromatic N) is 4. The molecule has 0 fully saturated rings. The maximum absolute atomic E-state index is 5.25. The molecule has 0 N–H and O–H groups in total. The van der Waals surface area contributed by atoms with E-state index in [-0.39, 0.29) is 24.8 Å². The summed E-state index contributed by atoms with van der Waals surface area (Å²) in [6.45, 7) is 2.84. The van der Waals surface area contributed by atoms with E-state index in [1.807, 2.05) is 53.8 Å². The fourth-order valence-corrected chi connectivity index (χ4v) is 2.33. The van der Waals surface area contributed by atoms with Gasteiger partial charge in [-0.15, -0.1) is 24.8 Å². The summed E-state index contributed by atoms with van der Waals surface area (Å²) < 4.78 is 9.38. The quantitative estimate of drug-likeness (QED) is 0.703. The standard InChI is InChI=1S/C16H18N4O.2ClH/c1-3-16-17-7-8-19(16)10-13-11-20(12-18-13)14-5-4-6-15(9-14)21-2;;/h4-9,11-12H,3,10H2,1-2H3;2*1H. The second kappa shape index (κ2) is 8.60. The van der Waals surface area contributed by atoms with Crippen LogP contribution >= 0.6 is 24.8 Å². The molecule has 0 unspecified atom stereocenters. The molecule has 0 aliphatic heterocycles. The van der Waals surface area contributed by atoms with E-state index in [2.05, 4.69) is 21.5 Å². The zero-order valence-corrected chi connectivity index (χ0v) is 14.7. The van der Waals surface area contributed by atoms with Gasteiger partial charge in [0.15, 0.2) is 0 Å². The number of halogens is 2. The van der Waals surface area contributed by atoms with Crippen LogP contribution in [-0.4, -0.2) is 26.2 Å². The van der Waals surface area contributed by atoms with Gasteiger partial charge in [-0.05, 0) is 12.1 Å². The first-order chi connectivity index (χ1) is 10.3. The average Bonchev–Trinajstić information content (AvgIpc) is 3.17. The van der Waals surface area contributed by atoms with E-state index >= 15 is 0 Å². The molecule has 0 spiro atoms. The van der Waals surface area contributed by atoms with Crippen LogP contribution in [-0.2, 0) is 13.0 Å². The maximum atomic E-state index is 5.25. The summed E-state index contributed by atoms with van der Waals surface area (Å²) in [5.74, 6) is 1.91. The van der Waals surface area contributed by atoms with Crippen LogP contribution in [0.25, 0.3) is 5.69 Å². The van der Waals surface area contributed by atoms with E-state index in [9.17, 15) is 0 Å². The topological polar surface area (TPSA) is 44.9 Å². The highest BCUT2D eigenvalue weighted by molar-refractivity contribution is 5.85. The first-order valence-electron chi connectivity index (χ1n) is 6.97. The molecule has 2 heterocycles. The molecule has 1 aromatic carbocycles. The molecule has 3 aromatic rings. The zero-order valence-electron chi connectivity index (χ0n) is 13.0. The Balaban J connectivity index is 0.00000132. The molecular weight excluding hydrogens is 335 g/mol. The highest BCUT2D eigenvalue weighted by Crippen LogP contribution is 2.17. The SMILES string of the molecule is CCc1nccn1Cc1cn(-c2cccc(OC)c2)cn1.Cl.Cl. The maximum Gasteiger partial charge on any atom is 0.120 e. The number of hydrogen-bond acceptors (Lipinski definition) is 3. The molecule has 0 aliphatic carbocycles. The number of hydrogen-bond donors (Lipinski definition) is 0. The predicted octanol–water partition coefficient (Wildman–Crippen LogP) is 3.53. The largest absolute Gasteiger partial charge is 0.497 e. The van der Waals surface area contributed by atoms with Gasteiger partial charge in [0, 0.05) is 31.1 Å². The molecule has 2 aromatic heterocycles. The summed E-state index contributed by atoms with van der Waals surface area (Å²) in [7, 11) is 1.67. The Morgan fingerprint density at radius 2 is 2.00 bits per heavy atom. The molecule has 0 atom stereocenters. The number of benzene rings is 1. The van der Waals surface area contributed by atoms with E-state index in [0.29, 0.717) is 0 Å². The molecule has 7 heteroatoms. The van der Waals surface area contributed by atoms with Gasteiger partial charge in [0.05, 0.1) is 31.4 Å². The van der Waals surface area contributed by atoms with Crippen molar-refractivity contribution in [2.75, 3.05) is 7.11 Å². The lowest BCUT2D eigenvalue weighted by Crippen LogP contribution is -2.03. The van der Waals surface area contributed by atoms with Gasteiger partial charge in [-0.1, -0.05) is 13.0 Å². The number of methoxy groups -OCH3 is 1. The molecule has 0 aliphatic rings. The number of aryl methyl sites for hydroxylation is 1. The van der Waals surface area contributed by atoms with Crippen LogP contribution in [0.1, 0.15) is 18.4 Å². The number of imidazole rings is 2. The summed E-state index contributed by atoms with van der Waals surface area (Å²) in [6.07, 6.45) is 8.60. The monoisotopic (exact) mass is 354 g/mol. The molecule has 0 amide bonds. The fraction of sp³-hybridized carbons (Fsp3) is 0.250. The molecule has 124 valence electrons. The van der Waals surface area contributed by atoms with Gasteiger partial charge in [0.2, 0.25) is 0 Å². The zero-order chi connectivity index (χ0) is 14.7. The Hall–Kier alpha value is -1.98. The van der Waals surface area contributed by atoms with Gasteiger partial charge < -0.3 is 13.9 Å². The van der Waals surface area contributed by atoms with E-state index < -0.39 is 0 Å². The second-order valence-electron chi connectivity index (χ2n) is 4.80. The van der Waals surface area contributed by atoms with E-state index in [1.165, 1.54) is 0 Å². The highest BCUT2D eigenvalue weighted by atomic mass is 35.5. The second-order valence-corrected chi connectivity index (χ2v) is 4.80. The number of ether oxygens (including phenoxy) is 1. The minimum atomic E-state index is 0. The molecule has 0 saturated heterocycles. The fourth-order valence-electron chi connectivity index (χ4n) is 2.33. The van der Waals surface area contributed by atoms with Gasteiger partial charge in [-0.2, -0.15) is 0 Å². The average molecular weight is 355 g/mol. The van der Waals surface area contributed by atoms with Gasteiger partial charge in [0.1, 0.15) is 11.6 Å². The first-order valence-corrected chi connectivity index (χ1v) is 6.97. The lowest BCUT2D eigenvalue weighted by molar-refractivity contribution is 0.414. The Morgan fingerprint density at radius 3 is 2.74 bits per heavy atom. The molecular formula is C16H20Cl2N4O. The van der Waals surface area contributed by atoms with Crippen molar-refractivity contribution in [3.63, 3.8) is 0 Å². The normalized spacial score (nSPS) is 9.83. The lowest BCUT2D eigenvalue weighted by Gasteiger charge is -2.05. The predicted molar refractivity (Wildman–Crippen MR) is 95.3 cm³/mol. The van der Waals surface area contributed by atoms with Crippen molar-refractivity contribution in [1.29, 1.82) is 0 Å². The summed E-state index contributed by atoms with van der Waals surface area (Å²) in [6, 6.07) is 7.92. The van der Waals surface area contributed by atoms with E-state index in [1.54, 1.807) is 7.11 Å². The summed E-state index contributed by atoms with van der Waals surface area (Å²) in [5.41, 5.74) is 2.04. The minimum Gasteiger partial charge on any atom is -0.497 e. The number of rotatable bonds is 5. The van der Waals surface area contributed by atoms with Crippen molar-refractivity contribution in [1.82, 2.24) is 19.1 Å². The lowest BCUT2D eigenvalue weighted by atomic mass is 10.3. The number of aromatic nitrogens is 4. The Bertz CT molecular complexity index is 739. The van der Waals surface area contributed by atoms with E-state index in [4.69, 9.17) is 4.74 Å². The molecule has 0 bridgehead atoms. The van der Waals surface area contributed by atoms with Gasteiger partial charge in [-0.25, -0.2) is 9.97 Å². The van der Waals surface area contributed by atoms with Crippen molar-refractivity contribution in [3.05, 3.63) is 60.7 Å². The molecule has 0 saturated carbocycles. The highest BCUT2D eigenvalue weighted by Gasteiger charge is 2.05. The van der Waals surface area contributed by atoms with Gasteiger partial charge in [0.25, 0.3) is 0 Å². The van der Waals surface area contributed by atoms with Crippen LogP contribution in [0.3, 0.4) is 0 Å². The van der Waals surface area contributed by atoms with Gasteiger partial charge in [-0.3, -0.25) is 0 Å². The van der Waals surface area contributed by atoms with E-state index in [0.717, 1.165) is 35.9 Å². The van der Waals surface area contributed by atoms with Crippen LogP contribution in [0.5, 0.6) is 5.75 Å². The van der Waals surface area contributed by atoms with Crippen molar-refractivity contribution in [3.8, 4) is 11.4 Å². The van der Waals surface area contributed by atoms with Crippen molar-refractivity contribution in [2.24, 2.45) is 0 Å². The molecule has 3 rings (SSSR count). The third kappa shape index (κ3) is 4.27. The Morgan fingerprint density at radius 1 is 1.17 bits per heavy atom. The summed E-state index contributed by atoms with van der Waals surface area (Å²) in [4.78, 5) is 8.80. The van der Waals surface area contributed by atoms with Crippen molar-refractivity contribution < 1.29 is 4.74 Å². The van der Waals surface area contributed by atoms with Crippen LogP contribution in [0.15, 0.2) is 49.2 Å². The van der Waals surface area contributed by atoms with Crippen molar-refractivity contribution >= 4 is 24.8 Å². The summed E-state index contributed by atoms with van der Waals surface area (Å²) in [5, 5.41) is 0. The third-order valence-electron chi connectivity index (χ3n) is 3.44. The van der Waals surface area contributed by atoms with Gasteiger partial charge >= 0.3 is 0 Å². The third-order valence-corrected chi connectivity index (χ3v) is 3.44. The minimum absolute atomic E-state index is 0. The summed E-state index contributed by atoms with van der Waals surface area (Å²) >= 11 is 0. The molecule has 0 radical (unpaired) electrons. The van der Waals surface area contributed by atoms with Crippen LogP contribution < -0.4 is 4.74 Å². The van der Waals surface area contributed by atoms with Crippen LogP contribution in [0, 0.1) is 0 Å². The first kappa shape index (κ1) is 19.1. The molecule has 23 heavy (non-hydrogen) atoms. The smallest absolute Gasteiger partial charge is 0.120 e.